The van der Waals surface area contributed by atoms with Crippen LogP contribution in [-0.4, -0.2) is 35.1 Å². The van der Waals surface area contributed by atoms with Crippen LogP contribution in [0.25, 0.3) is 11.1 Å². The number of benzene rings is 2. The summed E-state index contributed by atoms with van der Waals surface area (Å²) in [6.07, 6.45) is 4.97. The van der Waals surface area contributed by atoms with Crippen LogP contribution in [0, 0.1) is 6.92 Å². The van der Waals surface area contributed by atoms with Crippen molar-refractivity contribution in [2.24, 2.45) is 0 Å². The SMILES string of the molecule is Cc1ccc(-c2ccc(NC(=O)C3CCCN3C(=O)OC(C)(C)C)cc2)c2c1C1CCC2C1. The second-order valence-corrected chi connectivity index (χ2v) is 10.9. The summed E-state index contributed by atoms with van der Waals surface area (Å²) in [4.78, 5) is 27.0. The molecule has 0 aromatic heterocycles. The Hall–Kier alpha value is -2.82. The molecule has 0 radical (unpaired) electrons. The number of ether oxygens (including phenoxy) is 1. The number of aryl methyl sites for hydroxylation is 1. The van der Waals surface area contributed by atoms with Crippen molar-refractivity contribution >= 4 is 17.7 Å². The van der Waals surface area contributed by atoms with Gasteiger partial charge < -0.3 is 10.1 Å². The van der Waals surface area contributed by atoms with Crippen molar-refractivity contribution in [3.05, 3.63) is 53.1 Å². The van der Waals surface area contributed by atoms with Crippen LogP contribution in [0.15, 0.2) is 36.4 Å². The van der Waals surface area contributed by atoms with Gasteiger partial charge in [0.2, 0.25) is 5.91 Å². The summed E-state index contributed by atoms with van der Waals surface area (Å²) in [5, 5.41) is 3.01. The summed E-state index contributed by atoms with van der Waals surface area (Å²) in [7, 11) is 0. The monoisotopic (exact) mass is 446 g/mol. The lowest BCUT2D eigenvalue weighted by atomic mass is 9.83. The van der Waals surface area contributed by atoms with Gasteiger partial charge in [-0.15, -0.1) is 0 Å². The quantitative estimate of drug-likeness (QED) is 0.596. The Labute approximate surface area is 196 Å². The molecule has 1 saturated heterocycles. The smallest absolute Gasteiger partial charge is 0.410 e. The fraction of sp³-hybridized carbons (Fsp3) is 0.500. The first-order chi connectivity index (χ1) is 15.7. The minimum atomic E-state index is -0.577. The van der Waals surface area contributed by atoms with Crippen molar-refractivity contribution in [2.75, 3.05) is 11.9 Å². The van der Waals surface area contributed by atoms with Gasteiger partial charge in [-0.25, -0.2) is 4.79 Å². The second kappa shape index (κ2) is 8.19. The average molecular weight is 447 g/mol. The van der Waals surface area contributed by atoms with E-state index in [-0.39, 0.29) is 5.91 Å². The molecule has 33 heavy (non-hydrogen) atoms. The first-order valence-corrected chi connectivity index (χ1v) is 12.3. The second-order valence-electron chi connectivity index (χ2n) is 10.9. The minimum absolute atomic E-state index is 0.153. The van der Waals surface area contributed by atoms with Gasteiger partial charge in [-0.3, -0.25) is 9.69 Å². The van der Waals surface area contributed by atoms with E-state index in [4.69, 9.17) is 4.74 Å². The number of nitrogens with zero attached hydrogens (tertiary/aromatic N) is 1. The maximum absolute atomic E-state index is 13.0. The molecule has 3 unspecified atom stereocenters. The number of rotatable bonds is 3. The van der Waals surface area contributed by atoms with E-state index < -0.39 is 17.7 Å². The van der Waals surface area contributed by atoms with Crippen LogP contribution in [0.5, 0.6) is 0 Å². The number of fused-ring (bicyclic) bond motifs is 5. The van der Waals surface area contributed by atoms with E-state index in [1.807, 2.05) is 32.9 Å². The summed E-state index contributed by atoms with van der Waals surface area (Å²) in [5.74, 6) is 1.28. The molecule has 5 nitrogen and oxygen atoms in total. The van der Waals surface area contributed by atoms with E-state index in [1.54, 1.807) is 16.0 Å². The molecule has 3 atom stereocenters. The summed E-state index contributed by atoms with van der Waals surface area (Å²) in [5.41, 5.74) is 7.29. The molecule has 2 fully saturated rings. The van der Waals surface area contributed by atoms with E-state index in [2.05, 4.69) is 36.5 Å². The first kappa shape index (κ1) is 22.0. The highest BCUT2D eigenvalue weighted by molar-refractivity contribution is 5.97. The van der Waals surface area contributed by atoms with Crippen LogP contribution in [0.4, 0.5) is 10.5 Å². The number of likely N-dealkylation sites (tertiary alicyclic amines) is 1. The molecule has 2 aromatic rings. The van der Waals surface area contributed by atoms with E-state index in [0.29, 0.717) is 18.9 Å². The van der Waals surface area contributed by atoms with Gasteiger partial charge in [0.25, 0.3) is 0 Å². The maximum atomic E-state index is 13.0. The van der Waals surface area contributed by atoms with Gasteiger partial charge in [0.05, 0.1) is 0 Å². The Kier molecular flexibility index (Phi) is 5.46. The van der Waals surface area contributed by atoms with Crippen molar-refractivity contribution in [1.29, 1.82) is 0 Å². The third-order valence-electron chi connectivity index (χ3n) is 7.40. The molecule has 0 spiro atoms. The van der Waals surface area contributed by atoms with Crippen molar-refractivity contribution in [3.63, 3.8) is 0 Å². The highest BCUT2D eigenvalue weighted by Crippen LogP contribution is 2.56. The van der Waals surface area contributed by atoms with Gasteiger partial charge in [-0.2, -0.15) is 0 Å². The fourth-order valence-corrected chi connectivity index (χ4v) is 6.02. The third-order valence-corrected chi connectivity index (χ3v) is 7.40. The molecule has 1 aliphatic heterocycles. The lowest BCUT2D eigenvalue weighted by Gasteiger charge is -2.28. The number of carbonyl (C=O) groups excluding carboxylic acids is 2. The van der Waals surface area contributed by atoms with Gasteiger partial charge in [0.15, 0.2) is 0 Å². The van der Waals surface area contributed by atoms with E-state index in [0.717, 1.165) is 18.0 Å². The number of hydrogen-bond donors (Lipinski definition) is 1. The van der Waals surface area contributed by atoms with Gasteiger partial charge in [-0.05, 0) is 112 Å². The van der Waals surface area contributed by atoms with Gasteiger partial charge in [0.1, 0.15) is 11.6 Å². The van der Waals surface area contributed by atoms with Crippen molar-refractivity contribution in [2.45, 2.75) is 83.3 Å². The molecule has 174 valence electrons. The number of hydrogen-bond acceptors (Lipinski definition) is 3. The normalized spacial score (nSPS) is 23.5. The molecule has 2 aromatic carbocycles. The van der Waals surface area contributed by atoms with Crippen LogP contribution in [0.2, 0.25) is 0 Å². The zero-order valence-corrected chi connectivity index (χ0v) is 20.1. The molecule has 2 amide bonds. The molecular formula is C28H34N2O3. The molecule has 3 aliphatic rings. The molecule has 2 aliphatic carbocycles. The fourth-order valence-electron chi connectivity index (χ4n) is 6.02. The molecule has 2 bridgehead atoms. The molecule has 1 heterocycles. The number of amides is 2. The van der Waals surface area contributed by atoms with E-state index in [9.17, 15) is 9.59 Å². The molecule has 5 heteroatoms. The van der Waals surface area contributed by atoms with E-state index in [1.165, 1.54) is 36.0 Å². The number of carbonyl (C=O) groups is 2. The Bertz CT molecular complexity index is 1080. The van der Waals surface area contributed by atoms with E-state index >= 15 is 0 Å². The molecule has 1 N–H and O–H groups in total. The lowest BCUT2D eigenvalue weighted by molar-refractivity contribution is -0.120. The van der Waals surface area contributed by atoms with Gasteiger partial charge >= 0.3 is 6.09 Å². The first-order valence-electron chi connectivity index (χ1n) is 12.3. The van der Waals surface area contributed by atoms with Crippen molar-refractivity contribution < 1.29 is 14.3 Å². The summed E-state index contributed by atoms with van der Waals surface area (Å²) in [6.45, 7) is 8.31. The standard InChI is InChI=1S/C28H34N2O3/c1-17-7-14-22(25-20-9-8-19(16-20)24(17)25)18-10-12-21(13-11-18)29-26(31)23-6-5-15-30(23)27(32)33-28(2,3)4/h7,10-14,19-20,23H,5-6,8-9,15-16H2,1-4H3,(H,29,31). The highest BCUT2D eigenvalue weighted by Gasteiger charge is 2.39. The third kappa shape index (κ3) is 4.14. The molecule has 1 saturated carbocycles. The topological polar surface area (TPSA) is 58.6 Å². The van der Waals surface area contributed by atoms with Crippen LogP contribution in [0.3, 0.4) is 0 Å². The Morgan fingerprint density at radius 3 is 2.36 bits per heavy atom. The van der Waals surface area contributed by atoms with Gasteiger partial charge in [-0.1, -0.05) is 24.3 Å². The minimum Gasteiger partial charge on any atom is -0.444 e. The predicted molar refractivity (Wildman–Crippen MR) is 131 cm³/mol. The maximum Gasteiger partial charge on any atom is 0.410 e. The average Bonchev–Trinajstić information content (AvgIpc) is 3.50. The van der Waals surface area contributed by atoms with Crippen LogP contribution < -0.4 is 5.32 Å². The van der Waals surface area contributed by atoms with Crippen molar-refractivity contribution in [3.8, 4) is 11.1 Å². The zero-order chi connectivity index (χ0) is 23.3. The Morgan fingerprint density at radius 2 is 1.67 bits per heavy atom. The molecular weight excluding hydrogens is 412 g/mol. The summed E-state index contributed by atoms with van der Waals surface area (Å²) in [6, 6.07) is 12.2. The predicted octanol–water partition coefficient (Wildman–Crippen LogP) is 6.36. The Balaban J connectivity index is 1.30. The summed E-state index contributed by atoms with van der Waals surface area (Å²) >= 11 is 0. The lowest BCUT2D eigenvalue weighted by Crippen LogP contribution is -2.45. The molecule has 5 rings (SSSR count). The summed E-state index contributed by atoms with van der Waals surface area (Å²) < 4.78 is 5.49. The van der Waals surface area contributed by atoms with Crippen LogP contribution in [0.1, 0.15) is 81.4 Å². The van der Waals surface area contributed by atoms with Crippen LogP contribution in [-0.2, 0) is 9.53 Å². The zero-order valence-electron chi connectivity index (χ0n) is 20.1. The highest BCUT2D eigenvalue weighted by atomic mass is 16.6. The number of nitrogens with one attached hydrogen (secondary N) is 1. The largest absolute Gasteiger partial charge is 0.444 e. The Morgan fingerprint density at radius 1 is 0.970 bits per heavy atom. The van der Waals surface area contributed by atoms with Crippen LogP contribution >= 0.6 is 0 Å². The van der Waals surface area contributed by atoms with Crippen molar-refractivity contribution in [1.82, 2.24) is 4.90 Å². The number of anilines is 1. The van der Waals surface area contributed by atoms with Gasteiger partial charge in [0, 0.05) is 12.2 Å².